The second kappa shape index (κ2) is 9.95. The first kappa shape index (κ1) is 23.2. The average Bonchev–Trinajstić information content (AvgIpc) is 3.59. The van der Waals surface area contributed by atoms with E-state index in [0.717, 1.165) is 28.7 Å². The highest BCUT2D eigenvalue weighted by molar-refractivity contribution is 5.95. The normalized spacial score (nSPS) is 11.2. The maximum atomic E-state index is 13.0. The maximum Gasteiger partial charge on any atom is 0.343 e. The Bertz CT molecular complexity index is 1570. The highest BCUT2D eigenvalue weighted by Gasteiger charge is 2.20. The van der Waals surface area contributed by atoms with E-state index in [9.17, 15) is 9.59 Å². The fourth-order valence-corrected chi connectivity index (χ4v) is 4.31. The molecule has 2 aromatic carbocycles. The summed E-state index contributed by atoms with van der Waals surface area (Å²) in [7, 11) is 0. The number of fused-ring (bicyclic) bond motifs is 1. The molecule has 0 spiro atoms. The van der Waals surface area contributed by atoms with Crippen LogP contribution < -0.4 is 5.56 Å². The van der Waals surface area contributed by atoms with E-state index in [4.69, 9.17) is 4.74 Å². The van der Waals surface area contributed by atoms with Crippen molar-refractivity contribution in [1.29, 1.82) is 0 Å². The van der Waals surface area contributed by atoms with E-state index in [0.29, 0.717) is 30.0 Å². The van der Waals surface area contributed by atoms with Gasteiger partial charge < -0.3 is 9.30 Å². The number of carbonyl (C=O) groups is 1. The van der Waals surface area contributed by atoms with Gasteiger partial charge in [0, 0.05) is 23.9 Å². The molecule has 3 aromatic heterocycles. The molecule has 0 amide bonds. The molecule has 0 atom stereocenters. The molecule has 36 heavy (non-hydrogen) atoms. The van der Waals surface area contributed by atoms with Crippen molar-refractivity contribution in [3.05, 3.63) is 88.0 Å². The molecule has 0 aliphatic carbocycles. The lowest BCUT2D eigenvalue weighted by molar-refractivity contribution is 0.0528. The molecule has 0 aliphatic rings. The Morgan fingerprint density at radius 3 is 2.53 bits per heavy atom. The molecule has 0 saturated heterocycles. The zero-order valence-corrected chi connectivity index (χ0v) is 20.0. The highest BCUT2D eigenvalue weighted by atomic mass is 16.5. The number of H-pyrrole nitrogens is 1. The Hall–Kier alpha value is -4.60. The predicted molar refractivity (Wildman–Crippen MR) is 134 cm³/mol. The topological polar surface area (TPSA) is 120 Å². The number of hydrogen-bond donors (Lipinski definition) is 1. The zero-order chi connectivity index (χ0) is 25.1. The molecular formula is C26H25N7O3. The highest BCUT2D eigenvalue weighted by Crippen LogP contribution is 2.30. The fourth-order valence-electron chi connectivity index (χ4n) is 4.31. The van der Waals surface area contributed by atoms with Crippen molar-refractivity contribution in [1.82, 2.24) is 34.8 Å². The molecule has 0 radical (unpaired) electrons. The van der Waals surface area contributed by atoms with Crippen molar-refractivity contribution in [2.45, 2.75) is 33.2 Å². The van der Waals surface area contributed by atoms with Crippen molar-refractivity contribution < 1.29 is 9.53 Å². The van der Waals surface area contributed by atoms with Gasteiger partial charge in [-0.2, -0.15) is 14.8 Å². The second-order valence-electron chi connectivity index (χ2n) is 8.33. The van der Waals surface area contributed by atoms with E-state index < -0.39 is 5.97 Å². The van der Waals surface area contributed by atoms with E-state index >= 15 is 0 Å². The standard InChI is InChI=1S/C26H25N7O3/c1-3-7-19-16-32(24-22(26(35)36-4-2)14-27-33(24)25(19)34)15-17-10-12-18(13-11-17)20-8-5-6-9-21(20)23-28-30-31-29-23/h5-6,8-14,16H,3-4,7,15H2,1-2H3,(H,28,29,30,31). The molecule has 10 heteroatoms. The van der Waals surface area contributed by atoms with Gasteiger partial charge in [-0.3, -0.25) is 4.79 Å². The van der Waals surface area contributed by atoms with Crippen LogP contribution in [0.2, 0.25) is 0 Å². The van der Waals surface area contributed by atoms with Crippen LogP contribution in [0.4, 0.5) is 0 Å². The first-order chi connectivity index (χ1) is 17.6. The summed E-state index contributed by atoms with van der Waals surface area (Å²) in [5.41, 5.74) is 4.99. The van der Waals surface area contributed by atoms with Crippen LogP contribution in [0, 0.1) is 0 Å². The summed E-state index contributed by atoms with van der Waals surface area (Å²) in [6.07, 6.45) is 4.67. The molecule has 0 fully saturated rings. The first-order valence-corrected chi connectivity index (χ1v) is 11.8. The molecular weight excluding hydrogens is 458 g/mol. The number of rotatable bonds is 8. The van der Waals surface area contributed by atoms with Crippen molar-refractivity contribution in [2.24, 2.45) is 0 Å². The van der Waals surface area contributed by atoms with Crippen LogP contribution >= 0.6 is 0 Å². The number of ether oxygens (including phenoxy) is 1. The lowest BCUT2D eigenvalue weighted by Gasteiger charge is -2.14. The van der Waals surface area contributed by atoms with E-state index in [1.54, 1.807) is 6.92 Å². The van der Waals surface area contributed by atoms with Gasteiger partial charge in [-0.05, 0) is 35.2 Å². The lowest BCUT2D eigenvalue weighted by Crippen LogP contribution is -2.24. The summed E-state index contributed by atoms with van der Waals surface area (Å²) in [4.78, 5) is 25.5. The van der Waals surface area contributed by atoms with E-state index in [-0.39, 0.29) is 17.7 Å². The lowest BCUT2D eigenvalue weighted by atomic mass is 9.98. The quantitative estimate of drug-likeness (QED) is 0.335. The maximum absolute atomic E-state index is 13.0. The molecule has 5 rings (SSSR count). The van der Waals surface area contributed by atoms with Gasteiger partial charge in [-0.1, -0.05) is 61.9 Å². The van der Waals surface area contributed by atoms with Gasteiger partial charge in [0.05, 0.1) is 12.8 Å². The molecule has 1 N–H and O–H groups in total. The number of hydrogen-bond acceptors (Lipinski definition) is 7. The van der Waals surface area contributed by atoms with Crippen LogP contribution in [0.1, 0.15) is 41.8 Å². The number of esters is 1. The summed E-state index contributed by atoms with van der Waals surface area (Å²) >= 11 is 0. The molecule has 0 saturated carbocycles. The molecule has 10 nitrogen and oxygen atoms in total. The van der Waals surface area contributed by atoms with Gasteiger partial charge in [0.25, 0.3) is 5.56 Å². The number of tetrazole rings is 1. The van der Waals surface area contributed by atoms with Gasteiger partial charge in [-0.15, -0.1) is 10.2 Å². The molecule has 3 heterocycles. The van der Waals surface area contributed by atoms with Crippen molar-refractivity contribution in [2.75, 3.05) is 6.61 Å². The second-order valence-corrected chi connectivity index (χ2v) is 8.33. The van der Waals surface area contributed by atoms with E-state index in [1.165, 1.54) is 10.7 Å². The average molecular weight is 484 g/mol. The SMILES string of the molecule is CCCc1cn(Cc2ccc(-c3ccccc3-c3nn[nH]n3)cc2)c2c(C(=O)OCC)cnn2c1=O. The number of aromatic nitrogens is 7. The van der Waals surface area contributed by atoms with E-state index in [2.05, 4.69) is 25.7 Å². The monoisotopic (exact) mass is 483 g/mol. The molecule has 182 valence electrons. The van der Waals surface area contributed by atoms with Gasteiger partial charge in [0.2, 0.25) is 5.82 Å². The van der Waals surface area contributed by atoms with Crippen molar-refractivity contribution >= 4 is 11.6 Å². The minimum atomic E-state index is -0.502. The summed E-state index contributed by atoms with van der Waals surface area (Å²) < 4.78 is 8.39. The van der Waals surface area contributed by atoms with Crippen molar-refractivity contribution in [3.63, 3.8) is 0 Å². The molecule has 5 aromatic rings. The van der Waals surface area contributed by atoms with Gasteiger partial charge in [0.15, 0.2) is 5.65 Å². The summed E-state index contributed by atoms with van der Waals surface area (Å²) in [6.45, 7) is 4.45. The number of benzene rings is 2. The molecule has 0 bridgehead atoms. The smallest absolute Gasteiger partial charge is 0.343 e. The Balaban J connectivity index is 1.53. The Kier molecular flexibility index (Phi) is 6.40. The third kappa shape index (κ3) is 4.28. The third-order valence-electron chi connectivity index (χ3n) is 5.94. The Labute approximate surface area is 206 Å². The van der Waals surface area contributed by atoms with Crippen molar-refractivity contribution in [3.8, 4) is 22.5 Å². The van der Waals surface area contributed by atoms with Gasteiger partial charge in [-0.25, -0.2) is 4.79 Å². The summed E-state index contributed by atoms with van der Waals surface area (Å²) in [5.74, 6) is 0.0262. The van der Waals surface area contributed by atoms with Crippen LogP contribution in [0.25, 0.3) is 28.2 Å². The minimum absolute atomic E-state index is 0.216. The van der Waals surface area contributed by atoms with Crippen LogP contribution in [-0.2, 0) is 17.7 Å². The fraction of sp³-hybridized carbons (Fsp3) is 0.231. The third-order valence-corrected chi connectivity index (χ3v) is 5.94. The number of nitrogens with zero attached hydrogens (tertiary/aromatic N) is 6. The summed E-state index contributed by atoms with van der Waals surface area (Å²) in [5, 5.41) is 18.6. The zero-order valence-electron chi connectivity index (χ0n) is 20.0. The van der Waals surface area contributed by atoms with Crippen LogP contribution in [-0.4, -0.2) is 47.4 Å². The van der Waals surface area contributed by atoms with E-state index in [1.807, 2.05) is 66.2 Å². The number of aromatic amines is 1. The minimum Gasteiger partial charge on any atom is -0.462 e. The Morgan fingerprint density at radius 1 is 1.06 bits per heavy atom. The molecule has 0 unspecified atom stereocenters. The first-order valence-electron chi connectivity index (χ1n) is 11.8. The van der Waals surface area contributed by atoms with Gasteiger partial charge >= 0.3 is 5.97 Å². The predicted octanol–water partition coefficient (Wildman–Crippen LogP) is 3.52. The number of nitrogens with one attached hydrogen (secondary N) is 1. The Morgan fingerprint density at radius 2 is 1.83 bits per heavy atom. The van der Waals surface area contributed by atoms with Crippen LogP contribution in [0.5, 0.6) is 0 Å². The number of carbonyl (C=O) groups excluding carboxylic acids is 1. The van der Waals surface area contributed by atoms with Crippen LogP contribution in [0.3, 0.4) is 0 Å². The van der Waals surface area contributed by atoms with Crippen LogP contribution in [0.15, 0.2) is 65.7 Å². The largest absolute Gasteiger partial charge is 0.462 e. The van der Waals surface area contributed by atoms with Gasteiger partial charge in [0.1, 0.15) is 5.56 Å². The molecule has 0 aliphatic heterocycles. The summed E-state index contributed by atoms with van der Waals surface area (Å²) in [6, 6.07) is 16.0. The number of aryl methyl sites for hydroxylation is 1.